The molecule has 2 aliphatic rings. The quantitative estimate of drug-likeness (QED) is 0.585. The third-order valence-electron chi connectivity index (χ3n) is 6.15. The molecule has 5 atom stereocenters. The van der Waals surface area contributed by atoms with E-state index < -0.39 is 10.8 Å². The van der Waals surface area contributed by atoms with Crippen molar-refractivity contribution in [3.63, 3.8) is 0 Å². The third-order valence-corrected chi connectivity index (χ3v) is 7.91. The number of likely N-dealkylation sites (tertiary alicyclic amines) is 1. The van der Waals surface area contributed by atoms with E-state index in [1.54, 1.807) is 0 Å². The van der Waals surface area contributed by atoms with E-state index in [2.05, 4.69) is 12.1 Å². The summed E-state index contributed by atoms with van der Waals surface area (Å²) in [6.07, 6.45) is 3.74. The predicted octanol–water partition coefficient (Wildman–Crippen LogP) is 4.21. The Morgan fingerprint density at radius 3 is 2.35 bits per heavy atom. The van der Waals surface area contributed by atoms with Gasteiger partial charge in [0.15, 0.2) is 0 Å². The van der Waals surface area contributed by atoms with Crippen LogP contribution in [-0.4, -0.2) is 33.2 Å². The van der Waals surface area contributed by atoms with Crippen LogP contribution in [-0.2, 0) is 17.2 Å². The van der Waals surface area contributed by atoms with Gasteiger partial charge in [0.1, 0.15) is 6.04 Å². The van der Waals surface area contributed by atoms with Gasteiger partial charge in [-0.05, 0) is 37.5 Å². The fraction of sp³-hybridized carbons (Fsp3) is 0.455. The van der Waals surface area contributed by atoms with E-state index in [1.165, 1.54) is 11.1 Å². The second-order valence-corrected chi connectivity index (χ2v) is 9.79. The molecule has 0 radical (unpaired) electrons. The number of benzene rings is 2. The normalized spacial score (nSPS) is 32.5. The second-order valence-electron chi connectivity index (χ2n) is 8.12. The van der Waals surface area contributed by atoms with Gasteiger partial charge in [-0.25, -0.2) is 0 Å². The SMILES string of the molecule is Cc1ccc(S(=O)[C@H]2C[C@H](Cc3ccccc3)[N@+](C)([O-])[C@H]2C2CC2)cc1. The molecule has 138 valence electrons. The highest BCUT2D eigenvalue weighted by Gasteiger charge is 2.56. The van der Waals surface area contributed by atoms with Gasteiger partial charge in [-0.15, -0.1) is 0 Å². The zero-order valence-corrected chi connectivity index (χ0v) is 16.3. The van der Waals surface area contributed by atoms with Crippen LogP contribution >= 0.6 is 0 Å². The minimum Gasteiger partial charge on any atom is -0.633 e. The molecule has 2 aromatic carbocycles. The van der Waals surface area contributed by atoms with Crippen molar-refractivity contribution in [2.75, 3.05) is 7.05 Å². The summed E-state index contributed by atoms with van der Waals surface area (Å²) in [5.41, 5.74) is 2.37. The van der Waals surface area contributed by atoms with E-state index in [-0.39, 0.29) is 22.0 Å². The Morgan fingerprint density at radius 2 is 1.73 bits per heavy atom. The van der Waals surface area contributed by atoms with Crippen LogP contribution in [0.2, 0.25) is 0 Å². The summed E-state index contributed by atoms with van der Waals surface area (Å²) < 4.78 is 13.1. The lowest BCUT2D eigenvalue weighted by Gasteiger charge is -2.46. The Kier molecular flexibility index (Phi) is 4.76. The first-order valence-electron chi connectivity index (χ1n) is 9.55. The van der Waals surface area contributed by atoms with Crippen LogP contribution < -0.4 is 0 Å². The van der Waals surface area contributed by atoms with Gasteiger partial charge in [0.05, 0.1) is 29.1 Å². The maximum Gasteiger partial charge on any atom is 0.107 e. The molecule has 4 rings (SSSR count). The summed E-state index contributed by atoms with van der Waals surface area (Å²) in [4.78, 5) is 0.867. The number of aryl methyl sites for hydroxylation is 1. The monoisotopic (exact) mass is 369 g/mol. The van der Waals surface area contributed by atoms with Crippen molar-refractivity contribution in [2.24, 2.45) is 5.92 Å². The molecule has 3 nitrogen and oxygen atoms in total. The Balaban J connectivity index is 1.61. The van der Waals surface area contributed by atoms with Crippen molar-refractivity contribution in [3.8, 4) is 0 Å². The Hall–Kier alpha value is -1.49. The summed E-state index contributed by atoms with van der Waals surface area (Å²) in [6.45, 7) is 2.04. The number of nitrogens with zero attached hydrogens (tertiary/aromatic N) is 1. The molecule has 1 heterocycles. The predicted molar refractivity (Wildman–Crippen MR) is 106 cm³/mol. The summed E-state index contributed by atoms with van der Waals surface area (Å²) in [5.74, 6) is 0.442. The molecule has 1 aliphatic carbocycles. The lowest BCUT2D eigenvalue weighted by atomic mass is 10.0. The lowest BCUT2D eigenvalue weighted by molar-refractivity contribution is -0.898. The van der Waals surface area contributed by atoms with E-state index in [1.807, 2.05) is 56.4 Å². The van der Waals surface area contributed by atoms with E-state index in [0.29, 0.717) is 5.92 Å². The molecular formula is C22H27NO2S. The first kappa shape index (κ1) is 17.9. The number of quaternary nitrogens is 1. The van der Waals surface area contributed by atoms with E-state index in [4.69, 9.17) is 0 Å². The van der Waals surface area contributed by atoms with Crippen LogP contribution in [0.25, 0.3) is 0 Å². The second kappa shape index (κ2) is 6.91. The minimum absolute atomic E-state index is 0.0117. The summed E-state index contributed by atoms with van der Waals surface area (Å²) >= 11 is 0. The van der Waals surface area contributed by atoms with Crippen LogP contribution in [0.1, 0.15) is 30.4 Å². The largest absolute Gasteiger partial charge is 0.633 e. The van der Waals surface area contributed by atoms with Crippen LogP contribution in [0.15, 0.2) is 59.5 Å². The van der Waals surface area contributed by atoms with Crippen molar-refractivity contribution < 1.29 is 8.86 Å². The maximum absolute atomic E-state index is 13.7. The molecule has 4 heteroatoms. The highest BCUT2D eigenvalue weighted by atomic mass is 32.2. The molecule has 1 saturated carbocycles. The van der Waals surface area contributed by atoms with Gasteiger partial charge in [0.25, 0.3) is 0 Å². The Morgan fingerprint density at radius 1 is 1.08 bits per heavy atom. The van der Waals surface area contributed by atoms with Gasteiger partial charge in [-0.3, -0.25) is 4.21 Å². The van der Waals surface area contributed by atoms with E-state index in [0.717, 1.165) is 30.6 Å². The maximum atomic E-state index is 13.7. The molecule has 2 fully saturated rings. The molecule has 1 aliphatic heterocycles. The molecule has 2 aromatic rings. The van der Waals surface area contributed by atoms with Crippen molar-refractivity contribution in [3.05, 3.63) is 70.9 Å². The van der Waals surface area contributed by atoms with Gasteiger partial charge >= 0.3 is 0 Å². The van der Waals surface area contributed by atoms with Gasteiger partial charge < -0.3 is 9.85 Å². The Labute approximate surface area is 158 Å². The summed E-state index contributed by atoms with van der Waals surface area (Å²) in [7, 11) is 0.704. The average Bonchev–Trinajstić information content (AvgIpc) is 3.42. The van der Waals surface area contributed by atoms with E-state index >= 15 is 0 Å². The first-order chi connectivity index (χ1) is 12.5. The van der Waals surface area contributed by atoms with E-state index in [9.17, 15) is 9.42 Å². The number of hydrogen-bond donors (Lipinski definition) is 0. The van der Waals surface area contributed by atoms with Crippen LogP contribution in [0.5, 0.6) is 0 Å². The highest BCUT2D eigenvalue weighted by molar-refractivity contribution is 7.85. The zero-order chi connectivity index (χ0) is 18.3. The van der Waals surface area contributed by atoms with Crippen molar-refractivity contribution in [1.82, 2.24) is 0 Å². The molecule has 0 aromatic heterocycles. The number of rotatable bonds is 5. The smallest absolute Gasteiger partial charge is 0.107 e. The average molecular weight is 370 g/mol. The molecule has 0 bridgehead atoms. The minimum atomic E-state index is -1.12. The molecule has 0 spiro atoms. The molecule has 0 amide bonds. The summed E-state index contributed by atoms with van der Waals surface area (Å²) in [5, 5.41) is 13.6. The van der Waals surface area contributed by atoms with Gasteiger partial charge in [0, 0.05) is 23.7 Å². The molecule has 1 saturated heterocycles. The molecular weight excluding hydrogens is 342 g/mol. The first-order valence-corrected chi connectivity index (χ1v) is 10.8. The molecule has 1 unspecified atom stereocenters. The van der Waals surface area contributed by atoms with Crippen molar-refractivity contribution in [2.45, 2.75) is 54.8 Å². The zero-order valence-electron chi connectivity index (χ0n) is 15.5. The molecule has 26 heavy (non-hydrogen) atoms. The van der Waals surface area contributed by atoms with Crippen molar-refractivity contribution >= 4 is 10.8 Å². The van der Waals surface area contributed by atoms with Gasteiger partial charge in [-0.2, -0.15) is 0 Å². The van der Waals surface area contributed by atoms with Crippen molar-refractivity contribution in [1.29, 1.82) is 0 Å². The topological polar surface area (TPSA) is 40.1 Å². The van der Waals surface area contributed by atoms with Gasteiger partial charge in [-0.1, -0.05) is 48.0 Å². The number of hydrogen-bond acceptors (Lipinski definition) is 2. The summed E-state index contributed by atoms with van der Waals surface area (Å²) in [6, 6.07) is 18.2. The van der Waals surface area contributed by atoms with Crippen LogP contribution in [0.4, 0.5) is 0 Å². The number of likely N-dealkylation sites (N-methyl/N-ethyl adjacent to an activating group) is 1. The van der Waals surface area contributed by atoms with Crippen LogP contribution in [0.3, 0.4) is 0 Å². The fourth-order valence-electron chi connectivity index (χ4n) is 4.56. The number of hydroxylamine groups is 3. The van der Waals surface area contributed by atoms with Crippen LogP contribution in [0, 0.1) is 18.0 Å². The molecule has 0 N–H and O–H groups in total. The highest BCUT2D eigenvalue weighted by Crippen LogP contribution is 2.48. The Bertz CT molecular complexity index is 784. The fourth-order valence-corrected chi connectivity index (χ4v) is 6.43. The third kappa shape index (κ3) is 3.38. The standard InChI is InChI=1S/C22H27NO2S/c1-16-8-12-20(13-9-16)26(25)21-15-19(14-17-6-4-3-5-7-17)23(2,24)22(21)18-10-11-18/h3-9,12-13,18-19,21-22H,10-11,14-15H2,1-2H3/t19-,21-,22-,23-,26?/m0/s1. The lowest BCUT2D eigenvalue weighted by Crippen LogP contribution is -2.52. The van der Waals surface area contributed by atoms with Gasteiger partial charge in [0.2, 0.25) is 0 Å².